The molecule has 3 heterocycles. The van der Waals surface area contributed by atoms with E-state index < -0.39 is 24.5 Å². The Hall–Kier alpha value is -1.61. The zero-order valence-corrected chi connectivity index (χ0v) is 9.29. The van der Waals surface area contributed by atoms with Crippen LogP contribution in [0.3, 0.4) is 0 Å². The summed E-state index contributed by atoms with van der Waals surface area (Å²) in [5, 5.41) is 28.6. The molecule has 8 nitrogen and oxygen atoms in total. The van der Waals surface area contributed by atoms with Gasteiger partial charge in [0.05, 0.1) is 19.1 Å². The van der Waals surface area contributed by atoms with E-state index in [4.69, 9.17) is 9.84 Å². The molecular weight excluding hydrogens is 240 g/mol. The van der Waals surface area contributed by atoms with Gasteiger partial charge in [0.1, 0.15) is 30.2 Å². The molecule has 3 rings (SSSR count). The van der Waals surface area contributed by atoms with Crippen molar-refractivity contribution < 1.29 is 20.1 Å². The average molecular weight is 252 g/mol. The first-order chi connectivity index (χ1) is 8.72. The van der Waals surface area contributed by atoms with Gasteiger partial charge >= 0.3 is 0 Å². The van der Waals surface area contributed by atoms with Gasteiger partial charge < -0.3 is 20.1 Å². The molecule has 4 atom stereocenters. The maximum atomic E-state index is 9.91. The molecule has 0 aliphatic carbocycles. The van der Waals surface area contributed by atoms with Crippen LogP contribution in [0, 0.1) is 0 Å². The minimum absolute atomic E-state index is 0.365. The van der Waals surface area contributed by atoms with E-state index in [9.17, 15) is 10.2 Å². The molecule has 1 aliphatic heterocycles. The quantitative estimate of drug-likeness (QED) is 0.592. The minimum atomic E-state index is -1.14. The van der Waals surface area contributed by atoms with Crippen molar-refractivity contribution in [1.82, 2.24) is 19.5 Å². The van der Waals surface area contributed by atoms with Gasteiger partial charge in [-0.3, -0.25) is 4.57 Å². The number of nitrogens with zero attached hydrogens (tertiary/aromatic N) is 4. The summed E-state index contributed by atoms with van der Waals surface area (Å²) in [5.74, 6) is 0. The molecule has 1 fully saturated rings. The van der Waals surface area contributed by atoms with E-state index >= 15 is 0 Å². The Bertz CT molecular complexity index is 560. The summed E-state index contributed by atoms with van der Waals surface area (Å²) in [4.78, 5) is 12.0. The number of aliphatic hydroxyl groups is 3. The normalized spacial score (nSPS) is 32.2. The molecule has 0 amide bonds. The Morgan fingerprint density at radius 3 is 2.83 bits per heavy atom. The van der Waals surface area contributed by atoms with Crippen LogP contribution in [-0.4, -0.2) is 59.8 Å². The first-order valence-electron chi connectivity index (χ1n) is 5.47. The molecule has 96 valence electrons. The lowest BCUT2D eigenvalue weighted by Gasteiger charge is -2.16. The van der Waals surface area contributed by atoms with Gasteiger partial charge in [-0.1, -0.05) is 0 Å². The fraction of sp³-hybridized carbons (Fsp3) is 0.500. The number of hydrogen-bond donors (Lipinski definition) is 3. The molecule has 0 saturated carbocycles. The molecule has 1 saturated heterocycles. The number of imidazole rings is 1. The maximum absolute atomic E-state index is 9.91. The number of aromatic nitrogens is 4. The van der Waals surface area contributed by atoms with Crippen LogP contribution in [0.5, 0.6) is 0 Å². The third kappa shape index (κ3) is 1.58. The SMILES string of the molecule is OC[C@@H]1O[C@H](n2cnc3cncnc32)[C@@H](O)[C@@H]1O. The largest absolute Gasteiger partial charge is 0.394 e. The fourth-order valence-electron chi connectivity index (χ4n) is 2.08. The predicted octanol–water partition coefficient (Wildman–Crippen LogP) is -1.56. The number of fused-ring (bicyclic) bond motifs is 1. The van der Waals surface area contributed by atoms with Gasteiger partial charge in [0, 0.05) is 0 Å². The summed E-state index contributed by atoms with van der Waals surface area (Å²) >= 11 is 0. The predicted molar refractivity (Wildman–Crippen MR) is 58.3 cm³/mol. The summed E-state index contributed by atoms with van der Waals surface area (Å²) in [5.41, 5.74) is 1.06. The van der Waals surface area contributed by atoms with Gasteiger partial charge in [-0.2, -0.15) is 0 Å². The second-order valence-corrected chi connectivity index (χ2v) is 4.11. The summed E-state index contributed by atoms with van der Waals surface area (Å²) < 4.78 is 6.91. The van der Waals surface area contributed by atoms with Crippen molar-refractivity contribution in [3.05, 3.63) is 18.9 Å². The monoisotopic (exact) mass is 252 g/mol. The van der Waals surface area contributed by atoms with Gasteiger partial charge in [-0.15, -0.1) is 0 Å². The van der Waals surface area contributed by atoms with E-state index in [0.717, 1.165) is 0 Å². The van der Waals surface area contributed by atoms with Crippen LogP contribution in [0.1, 0.15) is 6.23 Å². The van der Waals surface area contributed by atoms with Gasteiger partial charge in [0.2, 0.25) is 0 Å². The van der Waals surface area contributed by atoms with Crippen molar-refractivity contribution in [2.45, 2.75) is 24.5 Å². The Morgan fingerprint density at radius 1 is 1.28 bits per heavy atom. The van der Waals surface area contributed by atoms with Crippen LogP contribution < -0.4 is 0 Å². The second-order valence-electron chi connectivity index (χ2n) is 4.11. The van der Waals surface area contributed by atoms with Crippen molar-refractivity contribution in [2.24, 2.45) is 0 Å². The number of hydrogen-bond acceptors (Lipinski definition) is 7. The molecule has 3 N–H and O–H groups in total. The molecule has 8 heteroatoms. The lowest BCUT2D eigenvalue weighted by Crippen LogP contribution is -2.33. The average Bonchev–Trinajstić information content (AvgIpc) is 2.93. The van der Waals surface area contributed by atoms with Crippen LogP contribution in [-0.2, 0) is 4.74 Å². The Kier molecular flexibility index (Phi) is 2.71. The van der Waals surface area contributed by atoms with Crippen LogP contribution in [0.2, 0.25) is 0 Å². The molecule has 18 heavy (non-hydrogen) atoms. The Morgan fingerprint density at radius 2 is 2.11 bits per heavy atom. The fourth-order valence-corrected chi connectivity index (χ4v) is 2.08. The maximum Gasteiger partial charge on any atom is 0.165 e. The molecule has 2 aromatic heterocycles. The van der Waals surface area contributed by atoms with E-state index in [0.29, 0.717) is 11.2 Å². The summed E-state index contributed by atoms with van der Waals surface area (Å²) in [6.45, 7) is -0.365. The summed E-state index contributed by atoms with van der Waals surface area (Å²) in [6, 6.07) is 0. The van der Waals surface area contributed by atoms with Gasteiger partial charge in [-0.05, 0) is 0 Å². The third-order valence-corrected chi connectivity index (χ3v) is 3.03. The first-order valence-corrected chi connectivity index (χ1v) is 5.47. The molecule has 0 radical (unpaired) electrons. The van der Waals surface area contributed by atoms with E-state index in [-0.39, 0.29) is 6.61 Å². The highest BCUT2D eigenvalue weighted by molar-refractivity contribution is 5.68. The van der Waals surface area contributed by atoms with Crippen LogP contribution in [0.25, 0.3) is 11.2 Å². The molecule has 2 aromatic rings. The van der Waals surface area contributed by atoms with Crippen LogP contribution >= 0.6 is 0 Å². The highest BCUT2D eigenvalue weighted by Gasteiger charge is 2.43. The lowest BCUT2D eigenvalue weighted by molar-refractivity contribution is -0.0511. The van der Waals surface area contributed by atoms with E-state index in [1.165, 1.54) is 17.2 Å². The first kappa shape index (κ1) is 11.5. The molecule has 0 unspecified atom stereocenters. The Labute approximate surface area is 102 Å². The zero-order chi connectivity index (χ0) is 12.7. The summed E-state index contributed by atoms with van der Waals surface area (Å²) in [6.07, 6.45) is 0.442. The number of aliphatic hydroxyl groups excluding tert-OH is 3. The lowest BCUT2D eigenvalue weighted by atomic mass is 10.1. The number of ether oxygens (including phenoxy) is 1. The van der Waals surface area contributed by atoms with Crippen molar-refractivity contribution in [1.29, 1.82) is 0 Å². The zero-order valence-electron chi connectivity index (χ0n) is 9.29. The second kappa shape index (κ2) is 4.25. The van der Waals surface area contributed by atoms with Gasteiger partial charge in [0.25, 0.3) is 0 Å². The van der Waals surface area contributed by atoms with Crippen LogP contribution in [0.15, 0.2) is 18.9 Å². The molecule has 0 aromatic carbocycles. The minimum Gasteiger partial charge on any atom is -0.394 e. The van der Waals surface area contributed by atoms with Crippen LogP contribution in [0.4, 0.5) is 0 Å². The Balaban J connectivity index is 2.00. The highest BCUT2D eigenvalue weighted by Crippen LogP contribution is 2.30. The van der Waals surface area contributed by atoms with Gasteiger partial charge in [-0.25, -0.2) is 15.0 Å². The molecule has 0 spiro atoms. The van der Waals surface area contributed by atoms with E-state index in [1.54, 1.807) is 6.20 Å². The van der Waals surface area contributed by atoms with Crippen molar-refractivity contribution in [3.63, 3.8) is 0 Å². The van der Waals surface area contributed by atoms with Crippen molar-refractivity contribution in [2.75, 3.05) is 6.61 Å². The number of rotatable bonds is 2. The van der Waals surface area contributed by atoms with Gasteiger partial charge in [0.15, 0.2) is 11.9 Å². The smallest absolute Gasteiger partial charge is 0.165 e. The standard InChI is InChI=1S/C10H12N4O4/c15-2-6-7(16)8(17)10(18-6)14-4-13-5-1-11-3-12-9(5)14/h1,3-4,6-8,10,15-17H,2H2/t6-,7+,8-,10-/m0/s1. The van der Waals surface area contributed by atoms with E-state index in [1.807, 2.05) is 0 Å². The van der Waals surface area contributed by atoms with Crippen molar-refractivity contribution in [3.8, 4) is 0 Å². The summed E-state index contributed by atoms with van der Waals surface area (Å²) in [7, 11) is 0. The molecule has 0 bridgehead atoms. The van der Waals surface area contributed by atoms with E-state index in [2.05, 4.69) is 15.0 Å². The highest BCUT2D eigenvalue weighted by atomic mass is 16.6. The third-order valence-electron chi connectivity index (χ3n) is 3.03. The molecule has 1 aliphatic rings. The topological polar surface area (TPSA) is 114 Å². The van der Waals surface area contributed by atoms with Crippen molar-refractivity contribution >= 4 is 11.2 Å². The molecular formula is C10H12N4O4.